The van der Waals surface area contributed by atoms with Gasteiger partial charge in [0.25, 0.3) is 5.91 Å². The third-order valence-corrected chi connectivity index (χ3v) is 28.8. The van der Waals surface area contributed by atoms with Crippen molar-refractivity contribution in [1.29, 1.82) is 0 Å². The zero-order valence-electron chi connectivity index (χ0n) is 77.9. The van der Waals surface area contributed by atoms with Crippen molar-refractivity contribution in [3.8, 4) is 0 Å². The minimum absolute atomic E-state index is 0.0477. The molecule has 14 heterocycles. The maximum atomic E-state index is 13.4. The van der Waals surface area contributed by atoms with Crippen LogP contribution in [0.25, 0.3) is 65.5 Å². The fourth-order valence-corrected chi connectivity index (χ4v) is 21.5. The molecule has 0 aliphatic carbocycles. The molecule has 712 valence electrons. The van der Waals surface area contributed by atoms with E-state index in [9.17, 15) is 24.0 Å². The number of aromatic amines is 5. The number of thioether (sulfide) groups is 1. The Morgan fingerprint density at radius 2 is 0.964 bits per heavy atom. The number of H-pyrrole nitrogens is 5. The number of nitrogens with zero attached hydrogens (tertiary/aromatic N) is 10. The number of piperazine rings is 1. The fraction of sp³-hybridized carbons (Fsp3) is 0.311. The van der Waals surface area contributed by atoms with Gasteiger partial charge in [-0.1, -0.05) is 125 Å². The lowest BCUT2D eigenvalue weighted by molar-refractivity contribution is 0.0663. The summed E-state index contributed by atoms with van der Waals surface area (Å²) in [4.78, 5) is 111. The molecule has 5 unspecified atom stereocenters. The molecule has 1 fully saturated rings. The first-order valence-corrected chi connectivity index (χ1v) is 50.5. The molecule has 4 amide bonds. The van der Waals surface area contributed by atoms with Gasteiger partial charge >= 0.3 is 18.3 Å². The molecular weight excluding hydrogens is 1910 g/mol. The summed E-state index contributed by atoms with van der Waals surface area (Å²) in [5.74, 6) is 3.18. The molecule has 32 heteroatoms. The van der Waals surface area contributed by atoms with Crippen molar-refractivity contribution < 1.29 is 37.8 Å². The van der Waals surface area contributed by atoms with Crippen LogP contribution in [0.5, 0.6) is 0 Å². The minimum Gasteiger partial charge on any atom is -0.464 e. The van der Waals surface area contributed by atoms with Gasteiger partial charge < -0.3 is 68.9 Å². The number of fused-ring (bicyclic) bond motifs is 16. The third kappa shape index (κ3) is 19.9. The first-order chi connectivity index (χ1) is 67.1. The Labute approximate surface area is 831 Å². The molecule has 8 aromatic carbocycles. The highest BCUT2D eigenvalue weighted by atomic mass is 79.9. The van der Waals surface area contributed by atoms with Gasteiger partial charge in [0.1, 0.15) is 35.8 Å². The van der Waals surface area contributed by atoms with Crippen LogP contribution in [0.1, 0.15) is 172 Å². The summed E-state index contributed by atoms with van der Waals surface area (Å²) < 4.78 is 22.8. The number of para-hydroxylation sites is 1. The monoisotopic (exact) mass is 2010 g/mol. The number of likely N-dealkylation sites (N-methyl/N-ethyl adjacent to an activating group) is 1. The Balaban J connectivity index is 0.000000116. The Hall–Kier alpha value is -12.4. The Bertz CT molecular complexity index is 7210. The Morgan fingerprint density at radius 3 is 1.46 bits per heavy atom. The number of ether oxygens (including phenoxy) is 3. The summed E-state index contributed by atoms with van der Waals surface area (Å²) >= 11 is 30.4. The average molecular weight is 2020 g/mol. The predicted octanol–water partition coefficient (Wildman–Crippen LogP) is 22.9. The normalized spacial score (nSPS) is 17.2. The number of aromatic nitrogens is 9. The number of carbonyl (C=O) groups excluding carboxylic acids is 4. The van der Waals surface area contributed by atoms with Gasteiger partial charge in [0.05, 0.1) is 43.0 Å². The number of halogens is 5. The van der Waals surface area contributed by atoms with E-state index < -0.39 is 12.1 Å². The highest BCUT2D eigenvalue weighted by Crippen LogP contribution is 2.46. The molecule has 5 atom stereocenters. The lowest BCUT2D eigenvalue weighted by Crippen LogP contribution is -2.47. The van der Waals surface area contributed by atoms with Crippen molar-refractivity contribution in [3.63, 3.8) is 0 Å². The van der Waals surface area contributed by atoms with Gasteiger partial charge in [-0.05, 0) is 251 Å². The van der Waals surface area contributed by atoms with Gasteiger partial charge in [0, 0.05) is 209 Å². The molecule has 26 nitrogen and oxygen atoms in total. The second-order valence-electron chi connectivity index (χ2n) is 35.3. The van der Waals surface area contributed by atoms with Crippen molar-refractivity contribution in [2.75, 3.05) is 115 Å². The van der Waals surface area contributed by atoms with E-state index in [0.29, 0.717) is 95.7 Å². The molecule has 8 aromatic heterocycles. The van der Waals surface area contributed by atoms with Crippen LogP contribution in [-0.4, -0.2) is 198 Å². The van der Waals surface area contributed by atoms with Crippen molar-refractivity contribution in [2.45, 2.75) is 109 Å². The quantitative estimate of drug-likeness (QED) is 0.0498. The van der Waals surface area contributed by atoms with E-state index >= 15 is 0 Å². The summed E-state index contributed by atoms with van der Waals surface area (Å²) in [5, 5.41) is 15.7. The van der Waals surface area contributed by atoms with Crippen LogP contribution in [0, 0.1) is 0 Å². The molecule has 6 aliphatic heterocycles. The highest BCUT2D eigenvalue weighted by Gasteiger charge is 2.42. The Morgan fingerprint density at radius 1 is 0.507 bits per heavy atom. The molecule has 138 heavy (non-hydrogen) atoms. The maximum Gasteiger partial charge on any atom is 0.410 e. The number of hydrogen-bond acceptors (Lipinski definition) is 18. The number of carbonyl (C=O) groups is 4. The van der Waals surface area contributed by atoms with Gasteiger partial charge in [-0.3, -0.25) is 29.3 Å². The van der Waals surface area contributed by atoms with E-state index in [4.69, 9.17) is 65.0 Å². The summed E-state index contributed by atoms with van der Waals surface area (Å²) in [6, 6.07) is 52.8. The van der Waals surface area contributed by atoms with E-state index in [1.807, 2.05) is 128 Å². The lowest BCUT2D eigenvalue weighted by atomic mass is 9.91. The third-order valence-electron chi connectivity index (χ3n) is 26.7. The zero-order chi connectivity index (χ0) is 96.1. The molecule has 7 N–H and O–H groups in total. The van der Waals surface area contributed by atoms with Crippen LogP contribution >= 0.6 is 74.1 Å². The molecule has 0 radical (unpaired) electrons. The number of anilines is 2. The van der Waals surface area contributed by atoms with Gasteiger partial charge in [0.2, 0.25) is 5.95 Å². The van der Waals surface area contributed by atoms with Crippen LogP contribution in [0.3, 0.4) is 0 Å². The highest BCUT2D eigenvalue weighted by molar-refractivity contribution is 9.10. The smallest absolute Gasteiger partial charge is 0.410 e. The summed E-state index contributed by atoms with van der Waals surface area (Å²) in [5.41, 5.74) is 22.6. The SMILES string of the molecule is CC(C)c1ccc(C2c3[nH]c4ccc(Cl)cc4c3CCN2c2cnccn2)cc1.CCOC(=O)N1CCc2c([nH]c3ccc(Br)cc23)C1c1cnc(NC)nc1.CCOC(=O)N1CCc2c([nH]c3ccc(Cl)cc23)C1c1ccc(C(=O)N2CCN(C)CC2)cc1.CCOC(=O)N1CCc2c([nH]c3ccc(Cl)cc23)C1c1coc2ccccc2c1=O.CSCCC1NCCc2c1[nH]c1ccc(Cl)cc21. The molecule has 0 saturated carbocycles. The van der Waals surface area contributed by atoms with Crippen molar-refractivity contribution in [2.24, 2.45) is 0 Å². The van der Waals surface area contributed by atoms with Gasteiger partial charge in [0.15, 0.2) is 5.43 Å². The van der Waals surface area contributed by atoms with Crippen LogP contribution in [0.15, 0.2) is 215 Å². The number of benzene rings is 8. The molecule has 0 spiro atoms. The van der Waals surface area contributed by atoms with Crippen LogP contribution in [-0.2, 0) is 46.3 Å². The summed E-state index contributed by atoms with van der Waals surface area (Å²) in [6.07, 6.45) is 16.6. The van der Waals surface area contributed by atoms with Crippen LogP contribution in [0.2, 0.25) is 20.1 Å². The fourth-order valence-electron chi connectivity index (χ4n) is 20.0. The summed E-state index contributed by atoms with van der Waals surface area (Å²) in [6.45, 7) is 17.4. The molecule has 22 rings (SSSR count). The zero-order valence-corrected chi connectivity index (χ0v) is 83.3. The first-order valence-electron chi connectivity index (χ1n) is 46.8. The predicted molar refractivity (Wildman–Crippen MR) is 554 cm³/mol. The molecule has 6 aliphatic rings. The van der Waals surface area contributed by atoms with E-state index in [2.05, 4.69) is 163 Å². The minimum atomic E-state index is -0.639. The average Bonchev–Trinajstić information content (AvgIpc) is 1.58. The number of rotatable bonds is 14. The number of hydrogen-bond donors (Lipinski definition) is 7. The first kappa shape index (κ1) is 95.9. The second-order valence-corrected chi connectivity index (χ2v) is 38.9. The van der Waals surface area contributed by atoms with Crippen molar-refractivity contribution >= 4 is 176 Å². The second kappa shape index (κ2) is 42.5. The van der Waals surface area contributed by atoms with Gasteiger partial charge in [-0.25, -0.2) is 29.3 Å². The molecule has 1 saturated heterocycles. The standard InChI is InChI=1S/C26H29ClN4O3.C24H23ClN4.C23H19ClN2O4.C19H20BrN5O2.C14H17ClN2S/c1-3-34-26(33)31-11-10-20-21-16-19(27)8-9-22(21)28-23(20)24(31)17-4-6-18(7-5-17)25(32)30-14-12-29(2)13-15-30;1-15(2)16-3-5-17(6-4-16)24-23-19(20-13-18(25)7-8-21(20)28-23)9-12-29(24)22-14-26-10-11-27-22;1-2-29-23(28)26-10-9-14-16-11-13(24)7-8-18(16)25-20(14)21(26)17-12-30-19-6-4-3-5-15(19)22(17)27;1-3-27-19(26)25-7-6-13-14-8-12(20)4-5-15(14)24-16(13)17(25)11-9-22-18(21-2)23-10-11;1-18-7-5-13-14-10(4-6-16-13)11-8-9(15)2-3-12(11)17-14/h4-9,16,24,28H,3,10-15H2,1-2H3;3-8,10-11,13-15,24,28H,9,12H2,1-2H3;3-8,11-12,21,25H,2,9-10H2,1H3;4-5,8-10,17,24H,3,6-7H2,1-2H3,(H,21,22,23);2-3,8,13,16-17H,4-7H2,1H3. The van der Waals surface area contributed by atoms with E-state index in [0.717, 1.165) is 145 Å². The number of nitrogens with one attached hydrogen (secondary N) is 7. The maximum absolute atomic E-state index is 13.4. The molecule has 16 aromatic rings. The molecular formula is C106H108BrCl4N17O9S. The topological polar surface area (TPSA) is 300 Å². The largest absolute Gasteiger partial charge is 0.464 e. The summed E-state index contributed by atoms with van der Waals surface area (Å²) in [7, 11) is 3.84. The van der Waals surface area contributed by atoms with Gasteiger partial charge in [-0.2, -0.15) is 11.8 Å². The van der Waals surface area contributed by atoms with Crippen molar-refractivity contribution in [1.82, 2.24) is 74.7 Å². The molecule has 0 bridgehead atoms. The Kier molecular flexibility index (Phi) is 29.6. The van der Waals surface area contributed by atoms with E-state index in [1.165, 1.54) is 84.9 Å². The lowest BCUT2D eigenvalue weighted by Gasteiger charge is -2.37. The van der Waals surface area contributed by atoms with Gasteiger partial charge in [-0.15, -0.1) is 0 Å². The van der Waals surface area contributed by atoms with Crippen molar-refractivity contribution in [3.05, 3.63) is 325 Å². The van der Waals surface area contributed by atoms with E-state index in [-0.39, 0.29) is 48.3 Å². The van der Waals surface area contributed by atoms with Crippen LogP contribution < -0.4 is 21.0 Å². The van der Waals surface area contributed by atoms with Crippen LogP contribution in [0.4, 0.5) is 26.1 Å². The number of amides is 4. The van der Waals surface area contributed by atoms with E-state index in [1.54, 1.807) is 71.7 Å².